The fraction of sp³-hybridized carbons (Fsp3) is 0.120. The molecule has 2 aromatic carbocycles. The minimum Gasteiger partial charge on any atom is -0.495 e. The van der Waals surface area contributed by atoms with E-state index >= 15 is 0 Å². The number of amides is 2. The Hall–Kier alpha value is -3.61. The smallest absolute Gasteiger partial charge is 0.335 e. The molecule has 0 saturated carbocycles. The molecule has 2 heterocycles. The standard InChI is InChI=1S/C25H18F2N2O5S3/c1-34-20-10-14(24(32)33)3-5-19(20)28-22(30)6-7-29-23(31)21(37-25(29)35)11-16-8-15(12-36-16)13-2-4-17(26)18(27)9-13/h2-5,8-12H,6-7H2,1H3,(H,28,30)(H,32,33). The maximum atomic E-state index is 13.6. The van der Waals surface area contributed by atoms with Crippen molar-refractivity contribution in [3.05, 3.63) is 74.8 Å². The van der Waals surface area contributed by atoms with Crippen LogP contribution < -0.4 is 10.1 Å². The number of halogens is 2. The molecule has 190 valence electrons. The van der Waals surface area contributed by atoms with Crippen LogP contribution in [-0.2, 0) is 9.59 Å². The number of methoxy groups -OCH3 is 1. The first-order valence-electron chi connectivity index (χ1n) is 10.7. The molecule has 1 saturated heterocycles. The molecule has 0 radical (unpaired) electrons. The fourth-order valence-corrected chi connectivity index (χ4v) is 5.65. The summed E-state index contributed by atoms with van der Waals surface area (Å²) in [5, 5.41) is 13.5. The van der Waals surface area contributed by atoms with Crippen LogP contribution in [0.15, 0.2) is 52.7 Å². The molecule has 0 spiro atoms. The van der Waals surface area contributed by atoms with Gasteiger partial charge in [0.25, 0.3) is 5.91 Å². The zero-order chi connectivity index (χ0) is 26.7. The maximum Gasteiger partial charge on any atom is 0.335 e. The number of aromatic carboxylic acids is 1. The summed E-state index contributed by atoms with van der Waals surface area (Å²) in [6, 6.07) is 9.48. The number of benzene rings is 2. The first kappa shape index (κ1) is 26.5. The van der Waals surface area contributed by atoms with Gasteiger partial charge in [0.2, 0.25) is 5.91 Å². The first-order chi connectivity index (χ1) is 17.7. The molecule has 1 aromatic heterocycles. The molecule has 2 amide bonds. The number of thiocarbonyl (C=S) groups is 1. The van der Waals surface area contributed by atoms with Crippen molar-refractivity contribution in [2.45, 2.75) is 6.42 Å². The summed E-state index contributed by atoms with van der Waals surface area (Å²) in [7, 11) is 1.36. The Morgan fingerprint density at radius 2 is 1.92 bits per heavy atom. The van der Waals surface area contributed by atoms with Crippen molar-refractivity contribution in [3.8, 4) is 16.9 Å². The quantitative estimate of drug-likeness (QED) is 0.272. The zero-order valence-corrected chi connectivity index (χ0v) is 21.6. The van der Waals surface area contributed by atoms with Crippen LogP contribution in [0.3, 0.4) is 0 Å². The highest BCUT2D eigenvalue weighted by atomic mass is 32.2. The summed E-state index contributed by atoms with van der Waals surface area (Å²) >= 11 is 7.77. The number of hydrogen-bond donors (Lipinski definition) is 2. The molecule has 0 unspecified atom stereocenters. The van der Waals surface area contributed by atoms with Crippen LogP contribution in [0.5, 0.6) is 5.75 Å². The average molecular weight is 561 g/mol. The van der Waals surface area contributed by atoms with Gasteiger partial charge in [0, 0.05) is 17.8 Å². The summed E-state index contributed by atoms with van der Waals surface area (Å²) in [5.41, 5.74) is 1.52. The summed E-state index contributed by atoms with van der Waals surface area (Å²) in [6.07, 6.45) is 1.62. The van der Waals surface area contributed by atoms with E-state index in [0.29, 0.717) is 26.0 Å². The number of carboxylic acids is 1. The summed E-state index contributed by atoms with van der Waals surface area (Å²) in [6.45, 7) is 0.0495. The third-order valence-corrected chi connectivity index (χ3v) is 7.56. The van der Waals surface area contributed by atoms with E-state index in [4.69, 9.17) is 22.1 Å². The minimum absolute atomic E-state index is 0.0156. The van der Waals surface area contributed by atoms with Gasteiger partial charge in [-0.25, -0.2) is 13.6 Å². The molecule has 1 aliphatic heterocycles. The van der Waals surface area contributed by atoms with Crippen molar-refractivity contribution in [1.82, 2.24) is 4.90 Å². The molecule has 4 rings (SSSR count). The highest BCUT2D eigenvalue weighted by Crippen LogP contribution is 2.35. The van der Waals surface area contributed by atoms with Gasteiger partial charge in [0.1, 0.15) is 10.1 Å². The Kier molecular flexibility index (Phi) is 8.00. The molecule has 7 nitrogen and oxygen atoms in total. The zero-order valence-electron chi connectivity index (χ0n) is 19.1. The van der Waals surface area contributed by atoms with Crippen molar-refractivity contribution >= 4 is 69.2 Å². The van der Waals surface area contributed by atoms with Crippen molar-refractivity contribution < 1.29 is 33.0 Å². The molecule has 3 aromatic rings. The number of rotatable bonds is 8. The highest BCUT2D eigenvalue weighted by molar-refractivity contribution is 8.26. The Balaban J connectivity index is 1.39. The lowest BCUT2D eigenvalue weighted by Crippen LogP contribution is -2.31. The third-order valence-electron chi connectivity index (χ3n) is 5.30. The van der Waals surface area contributed by atoms with Crippen molar-refractivity contribution in [3.63, 3.8) is 0 Å². The Labute approximate surface area is 223 Å². The van der Waals surface area contributed by atoms with E-state index in [0.717, 1.165) is 28.8 Å². The van der Waals surface area contributed by atoms with Gasteiger partial charge >= 0.3 is 5.97 Å². The molecule has 0 bridgehead atoms. The van der Waals surface area contributed by atoms with E-state index in [1.165, 1.54) is 47.6 Å². The van der Waals surface area contributed by atoms with Gasteiger partial charge < -0.3 is 15.2 Å². The molecule has 37 heavy (non-hydrogen) atoms. The molecule has 0 atom stereocenters. The molecule has 1 aliphatic rings. The van der Waals surface area contributed by atoms with Crippen LogP contribution in [0, 0.1) is 11.6 Å². The number of carbonyl (C=O) groups is 3. The van der Waals surface area contributed by atoms with Gasteiger partial charge in [0.05, 0.1) is 23.3 Å². The van der Waals surface area contributed by atoms with E-state index in [2.05, 4.69) is 5.32 Å². The average Bonchev–Trinajstić information content (AvgIpc) is 3.43. The van der Waals surface area contributed by atoms with Crippen LogP contribution in [0.4, 0.5) is 14.5 Å². The van der Waals surface area contributed by atoms with Gasteiger partial charge in [-0.2, -0.15) is 0 Å². The predicted octanol–water partition coefficient (Wildman–Crippen LogP) is 5.63. The minimum atomic E-state index is -1.12. The molecule has 12 heteroatoms. The highest BCUT2D eigenvalue weighted by Gasteiger charge is 2.32. The molecule has 0 aliphatic carbocycles. The van der Waals surface area contributed by atoms with Crippen LogP contribution in [0.1, 0.15) is 21.7 Å². The van der Waals surface area contributed by atoms with Crippen LogP contribution in [0.25, 0.3) is 17.2 Å². The predicted molar refractivity (Wildman–Crippen MR) is 143 cm³/mol. The summed E-state index contributed by atoms with van der Waals surface area (Å²) < 4.78 is 32.2. The maximum absolute atomic E-state index is 13.6. The van der Waals surface area contributed by atoms with E-state index in [1.54, 1.807) is 17.5 Å². The van der Waals surface area contributed by atoms with Gasteiger partial charge in [-0.1, -0.05) is 30.0 Å². The monoisotopic (exact) mass is 560 g/mol. The number of hydrogen-bond acceptors (Lipinski definition) is 7. The van der Waals surface area contributed by atoms with Gasteiger partial charge in [-0.15, -0.1) is 11.3 Å². The number of thioether (sulfide) groups is 1. The van der Waals surface area contributed by atoms with Gasteiger partial charge in [0.15, 0.2) is 11.6 Å². The van der Waals surface area contributed by atoms with Crippen LogP contribution >= 0.6 is 35.3 Å². The van der Waals surface area contributed by atoms with E-state index in [9.17, 15) is 23.2 Å². The lowest BCUT2D eigenvalue weighted by Gasteiger charge is -2.15. The topological polar surface area (TPSA) is 95.9 Å². The third kappa shape index (κ3) is 6.04. The van der Waals surface area contributed by atoms with Crippen molar-refractivity contribution in [2.24, 2.45) is 0 Å². The number of ether oxygens (including phenoxy) is 1. The van der Waals surface area contributed by atoms with E-state index < -0.39 is 23.5 Å². The molecular weight excluding hydrogens is 542 g/mol. The first-order valence-corrected chi connectivity index (χ1v) is 12.8. The number of anilines is 1. The van der Waals surface area contributed by atoms with Gasteiger partial charge in [-0.05, 0) is 59.0 Å². The van der Waals surface area contributed by atoms with Gasteiger partial charge in [-0.3, -0.25) is 14.5 Å². The van der Waals surface area contributed by atoms with E-state index in [1.807, 2.05) is 0 Å². The normalized spacial score (nSPS) is 14.4. The SMILES string of the molecule is COc1cc(C(=O)O)ccc1NC(=O)CCN1C(=O)C(=Cc2cc(-c3ccc(F)c(F)c3)cs2)SC1=S. The van der Waals surface area contributed by atoms with E-state index in [-0.39, 0.29) is 30.2 Å². The molecule has 2 N–H and O–H groups in total. The summed E-state index contributed by atoms with van der Waals surface area (Å²) in [5.74, 6) is -3.54. The fourth-order valence-electron chi connectivity index (χ4n) is 3.43. The number of nitrogens with one attached hydrogen (secondary N) is 1. The second kappa shape index (κ2) is 11.2. The summed E-state index contributed by atoms with van der Waals surface area (Å²) in [4.78, 5) is 39.0. The largest absolute Gasteiger partial charge is 0.495 e. The van der Waals surface area contributed by atoms with Crippen LogP contribution in [0.2, 0.25) is 0 Å². The number of thiophene rings is 1. The second-order valence-electron chi connectivity index (χ2n) is 7.72. The van der Waals surface area contributed by atoms with Crippen LogP contribution in [-0.4, -0.2) is 45.8 Å². The van der Waals surface area contributed by atoms with Crippen molar-refractivity contribution in [1.29, 1.82) is 0 Å². The Morgan fingerprint density at radius 3 is 2.62 bits per heavy atom. The lowest BCUT2D eigenvalue weighted by atomic mass is 10.1. The Bertz CT molecular complexity index is 1450. The number of nitrogens with zero attached hydrogens (tertiary/aromatic N) is 1. The number of carbonyl (C=O) groups excluding carboxylic acids is 2. The number of carboxylic acid groups (broad SMARTS) is 1. The molecule has 1 fully saturated rings. The van der Waals surface area contributed by atoms with Crippen molar-refractivity contribution in [2.75, 3.05) is 19.0 Å². The second-order valence-corrected chi connectivity index (χ2v) is 10.3. The molecular formula is C25H18F2N2O5S3. The Morgan fingerprint density at radius 1 is 1.14 bits per heavy atom. The lowest BCUT2D eigenvalue weighted by molar-refractivity contribution is -0.122.